The Kier molecular flexibility index (Phi) is 9.41. The quantitative estimate of drug-likeness (QED) is 0.308. The number of anilines is 2. The lowest BCUT2D eigenvalue weighted by molar-refractivity contribution is -0.133. The first kappa shape index (κ1) is 30.9. The van der Waals surface area contributed by atoms with E-state index in [1.54, 1.807) is 35.5 Å². The SMILES string of the molecule is CCN(C(=O)[C@@H]1CCN(CC(=O)N2CCC(c3ncc(C(=N)C#N)s3)CC2)C1)c1ccc(N)c(C(=N)c2ccc(C)nc2)n1. The number of rotatable bonds is 9. The topological polar surface area (TPSA) is 180 Å². The van der Waals surface area contributed by atoms with Crippen LogP contribution in [0.15, 0.2) is 36.7 Å². The van der Waals surface area contributed by atoms with Crippen LogP contribution in [0, 0.1) is 35.0 Å². The number of hydrogen-bond acceptors (Lipinski definition) is 11. The lowest BCUT2D eigenvalue weighted by Crippen LogP contribution is -2.44. The van der Waals surface area contributed by atoms with Crippen LogP contribution in [-0.4, -0.2) is 87.3 Å². The number of amides is 2. The number of carbonyl (C=O) groups excluding carboxylic acids is 2. The molecule has 0 spiro atoms. The molecule has 1 atom stereocenters. The number of likely N-dealkylation sites (tertiary alicyclic amines) is 2. The second kappa shape index (κ2) is 13.4. The summed E-state index contributed by atoms with van der Waals surface area (Å²) in [7, 11) is 0. The van der Waals surface area contributed by atoms with Gasteiger partial charge in [0.25, 0.3) is 0 Å². The summed E-state index contributed by atoms with van der Waals surface area (Å²) in [6, 6.07) is 8.87. The fourth-order valence-corrected chi connectivity index (χ4v) is 6.69. The first-order valence-electron chi connectivity index (χ1n) is 14.7. The van der Waals surface area contributed by atoms with Gasteiger partial charge in [-0.1, -0.05) is 0 Å². The van der Waals surface area contributed by atoms with Crippen LogP contribution >= 0.6 is 11.3 Å². The number of aromatic nitrogens is 3. The molecule has 44 heavy (non-hydrogen) atoms. The minimum Gasteiger partial charge on any atom is -0.397 e. The van der Waals surface area contributed by atoms with Crippen LogP contribution in [0.4, 0.5) is 11.5 Å². The molecule has 3 aromatic rings. The Morgan fingerprint density at radius 2 is 1.89 bits per heavy atom. The highest BCUT2D eigenvalue weighted by atomic mass is 32.1. The maximum Gasteiger partial charge on any atom is 0.236 e. The molecule has 2 amide bonds. The maximum absolute atomic E-state index is 13.7. The third kappa shape index (κ3) is 6.66. The molecule has 0 bridgehead atoms. The normalized spacial score (nSPS) is 17.3. The molecule has 0 aliphatic carbocycles. The van der Waals surface area contributed by atoms with E-state index in [4.69, 9.17) is 21.8 Å². The number of nitrogens with zero attached hydrogens (tertiary/aromatic N) is 7. The largest absolute Gasteiger partial charge is 0.397 e. The fourth-order valence-electron chi connectivity index (χ4n) is 5.71. The smallest absolute Gasteiger partial charge is 0.236 e. The van der Waals surface area contributed by atoms with Crippen molar-refractivity contribution in [1.29, 1.82) is 16.1 Å². The minimum atomic E-state index is -0.261. The second-order valence-corrected chi connectivity index (χ2v) is 12.2. The van der Waals surface area contributed by atoms with E-state index in [0.29, 0.717) is 66.8 Å². The number of nitrogen functional groups attached to an aromatic ring is 1. The number of piperidine rings is 1. The molecule has 5 heterocycles. The number of thiazole rings is 1. The molecule has 12 nitrogen and oxygen atoms in total. The Balaban J connectivity index is 1.16. The van der Waals surface area contributed by atoms with Gasteiger partial charge in [0.15, 0.2) is 5.71 Å². The molecule has 5 rings (SSSR count). The highest BCUT2D eigenvalue weighted by molar-refractivity contribution is 7.14. The van der Waals surface area contributed by atoms with Gasteiger partial charge in [0, 0.05) is 55.7 Å². The van der Waals surface area contributed by atoms with Crippen LogP contribution in [0.3, 0.4) is 0 Å². The van der Waals surface area contributed by atoms with E-state index in [1.807, 2.05) is 35.8 Å². The van der Waals surface area contributed by atoms with Crippen molar-refractivity contribution in [1.82, 2.24) is 24.8 Å². The molecule has 0 radical (unpaired) electrons. The monoisotopic (exact) mass is 612 g/mol. The molecule has 2 fully saturated rings. The summed E-state index contributed by atoms with van der Waals surface area (Å²) in [5.41, 5.74) is 8.36. The van der Waals surface area contributed by atoms with Gasteiger partial charge >= 0.3 is 0 Å². The Labute approximate surface area is 260 Å². The maximum atomic E-state index is 13.7. The van der Waals surface area contributed by atoms with Gasteiger partial charge in [-0.05, 0) is 63.9 Å². The van der Waals surface area contributed by atoms with Gasteiger partial charge in [-0.2, -0.15) is 5.26 Å². The third-order valence-electron chi connectivity index (χ3n) is 8.27. The van der Waals surface area contributed by atoms with Gasteiger partial charge in [0.2, 0.25) is 11.8 Å². The molecule has 2 saturated heterocycles. The van der Waals surface area contributed by atoms with Crippen molar-refractivity contribution in [2.75, 3.05) is 49.9 Å². The van der Waals surface area contributed by atoms with E-state index >= 15 is 0 Å². The Morgan fingerprint density at radius 3 is 2.57 bits per heavy atom. The molecule has 3 aromatic heterocycles. The van der Waals surface area contributed by atoms with Crippen molar-refractivity contribution >= 4 is 46.1 Å². The Morgan fingerprint density at radius 1 is 1.11 bits per heavy atom. The van der Waals surface area contributed by atoms with Gasteiger partial charge in [-0.3, -0.25) is 35.2 Å². The van der Waals surface area contributed by atoms with Crippen LogP contribution in [0.2, 0.25) is 0 Å². The highest BCUT2D eigenvalue weighted by Gasteiger charge is 2.34. The summed E-state index contributed by atoms with van der Waals surface area (Å²) in [4.78, 5) is 46.3. The van der Waals surface area contributed by atoms with Gasteiger partial charge in [-0.25, -0.2) is 9.97 Å². The number of nitrogens with two attached hydrogens (primary N) is 1. The average Bonchev–Trinajstić information content (AvgIpc) is 3.72. The molecule has 228 valence electrons. The Bertz CT molecular complexity index is 1600. The third-order valence-corrected chi connectivity index (χ3v) is 9.44. The first-order valence-corrected chi connectivity index (χ1v) is 15.5. The van der Waals surface area contributed by atoms with E-state index in [9.17, 15) is 9.59 Å². The number of carbonyl (C=O) groups is 2. The zero-order valence-electron chi connectivity index (χ0n) is 24.9. The van der Waals surface area contributed by atoms with Gasteiger partial charge in [-0.15, -0.1) is 11.3 Å². The highest BCUT2D eigenvalue weighted by Crippen LogP contribution is 2.31. The van der Waals surface area contributed by atoms with Gasteiger partial charge in [0.05, 0.1) is 33.7 Å². The van der Waals surface area contributed by atoms with E-state index in [1.165, 1.54) is 11.3 Å². The predicted octanol–water partition coefficient (Wildman–Crippen LogP) is 3.21. The molecule has 13 heteroatoms. The second-order valence-electron chi connectivity index (χ2n) is 11.2. The number of aryl methyl sites for hydroxylation is 1. The zero-order chi connectivity index (χ0) is 31.4. The molecule has 2 aliphatic rings. The van der Waals surface area contributed by atoms with Crippen molar-refractivity contribution in [3.63, 3.8) is 0 Å². The van der Waals surface area contributed by atoms with Crippen molar-refractivity contribution in [3.05, 3.63) is 63.5 Å². The summed E-state index contributed by atoms with van der Waals surface area (Å²) in [6.07, 6.45) is 5.44. The van der Waals surface area contributed by atoms with Crippen LogP contribution in [0.25, 0.3) is 0 Å². The van der Waals surface area contributed by atoms with Crippen LogP contribution in [-0.2, 0) is 9.59 Å². The van der Waals surface area contributed by atoms with Crippen molar-refractivity contribution in [2.45, 2.75) is 39.0 Å². The number of hydrogen-bond donors (Lipinski definition) is 3. The summed E-state index contributed by atoms with van der Waals surface area (Å²) < 4.78 is 0. The predicted molar refractivity (Wildman–Crippen MR) is 169 cm³/mol. The average molecular weight is 613 g/mol. The molecule has 4 N–H and O–H groups in total. The summed E-state index contributed by atoms with van der Waals surface area (Å²) >= 11 is 1.39. The summed E-state index contributed by atoms with van der Waals surface area (Å²) in [6.45, 7) is 6.88. The van der Waals surface area contributed by atoms with Crippen LogP contribution in [0.1, 0.15) is 58.9 Å². The molecule has 0 unspecified atom stereocenters. The van der Waals surface area contributed by atoms with E-state index in [-0.39, 0.29) is 41.6 Å². The van der Waals surface area contributed by atoms with Gasteiger partial charge in [0.1, 0.15) is 17.6 Å². The van der Waals surface area contributed by atoms with Crippen molar-refractivity contribution in [3.8, 4) is 6.07 Å². The lowest BCUT2D eigenvalue weighted by Gasteiger charge is -2.32. The molecule has 0 aromatic carbocycles. The number of nitrogens with one attached hydrogen (secondary N) is 2. The van der Waals surface area contributed by atoms with Crippen LogP contribution in [0.5, 0.6) is 0 Å². The first-order chi connectivity index (χ1) is 21.2. The van der Waals surface area contributed by atoms with Crippen molar-refractivity contribution in [2.24, 2.45) is 5.92 Å². The van der Waals surface area contributed by atoms with Gasteiger partial charge < -0.3 is 10.6 Å². The van der Waals surface area contributed by atoms with E-state index in [2.05, 4.69) is 15.0 Å². The molecular weight excluding hydrogens is 576 g/mol. The molecular formula is C31H36N10O2S. The fraction of sp³-hybridized carbons (Fsp3) is 0.419. The van der Waals surface area contributed by atoms with Crippen molar-refractivity contribution < 1.29 is 9.59 Å². The number of nitriles is 1. The standard InChI is InChI=1S/C31H36N10O2S/c1-3-41(26-7-6-23(33)29(38-26)28(35)21-5-4-19(2)36-15-21)31(43)22-8-11-39(17-22)18-27(42)40-12-9-20(10-13-40)30-37-16-25(44-30)24(34)14-32/h4-7,15-16,20,22,34-35H,3,8-13,17-18,33H2,1-2H3/t22-/m1/s1. The lowest BCUT2D eigenvalue weighted by atomic mass is 9.97. The summed E-state index contributed by atoms with van der Waals surface area (Å²) in [5.74, 6) is 0.410. The van der Waals surface area contributed by atoms with Crippen LogP contribution < -0.4 is 10.6 Å². The molecule has 2 aliphatic heterocycles. The van der Waals surface area contributed by atoms with E-state index in [0.717, 1.165) is 23.5 Å². The minimum absolute atomic E-state index is 0.0534. The number of pyridine rings is 2. The molecule has 0 saturated carbocycles. The van der Waals surface area contributed by atoms with E-state index < -0.39 is 0 Å². The Hall–Kier alpha value is -4.54. The summed E-state index contributed by atoms with van der Waals surface area (Å²) in [5, 5.41) is 26.2. The zero-order valence-corrected chi connectivity index (χ0v) is 25.7.